The van der Waals surface area contributed by atoms with E-state index < -0.39 is 47.2 Å². The molecule has 4 atom stereocenters. The summed E-state index contributed by atoms with van der Waals surface area (Å²) in [5.41, 5.74) is -2.31. The van der Waals surface area contributed by atoms with Crippen molar-refractivity contribution in [1.29, 1.82) is 0 Å². The minimum atomic E-state index is -2.92. The lowest BCUT2D eigenvalue weighted by Crippen LogP contribution is -2.65. The number of aliphatic hydroxyl groups excluding tert-OH is 3. The fourth-order valence-electron chi connectivity index (χ4n) is 2.60. The highest BCUT2D eigenvalue weighted by atomic mass is 16.6. The number of ketones is 3. The molecule has 0 aliphatic rings. The van der Waals surface area contributed by atoms with Gasteiger partial charge in [-0.3, -0.25) is 19.2 Å². The van der Waals surface area contributed by atoms with E-state index in [1.165, 1.54) is 0 Å². The van der Waals surface area contributed by atoms with Crippen LogP contribution in [0.15, 0.2) is 30.3 Å². The number of aliphatic hydroxyl groups is 3. The molecule has 0 fully saturated rings. The zero-order valence-corrected chi connectivity index (χ0v) is 14.7. The van der Waals surface area contributed by atoms with Crippen molar-refractivity contribution < 1.29 is 39.2 Å². The summed E-state index contributed by atoms with van der Waals surface area (Å²) in [7, 11) is 0. The van der Waals surface area contributed by atoms with Crippen molar-refractivity contribution in [3.05, 3.63) is 35.9 Å². The molecule has 0 aromatic heterocycles. The molecule has 0 amide bonds. The van der Waals surface area contributed by atoms with Crippen molar-refractivity contribution in [1.82, 2.24) is 0 Å². The van der Waals surface area contributed by atoms with Crippen LogP contribution in [0.3, 0.4) is 0 Å². The summed E-state index contributed by atoms with van der Waals surface area (Å²) in [6, 6.07) is 8.46. The zero-order chi connectivity index (χ0) is 20.1. The predicted molar refractivity (Wildman–Crippen MR) is 89.0 cm³/mol. The van der Waals surface area contributed by atoms with Gasteiger partial charge in [-0.1, -0.05) is 30.3 Å². The largest absolute Gasteiger partial charge is 0.440 e. The second-order valence-electron chi connectivity index (χ2n) is 5.96. The smallest absolute Gasteiger partial charge is 0.304 e. The molecule has 1 rings (SSSR count). The summed E-state index contributed by atoms with van der Waals surface area (Å²) in [4.78, 5) is 47.2. The van der Waals surface area contributed by atoms with E-state index in [-0.39, 0.29) is 6.42 Å². The number of hydrogen-bond donors (Lipinski definition) is 3. The Morgan fingerprint density at radius 1 is 1.00 bits per heavy atom. The topological polar surface area (TPSA) is 138 Å². The molecule has 0 bridgehead atoms. The van der Waals surface area contributed by atoms with Gasteiger partial charge in [0.25, 0.3) is 11.4 Å². The first kappa shape index (κ1) is 21.6. The molecule has 0 aliphatic carbocycles. The van der Waals surface area contributed by atoms with E-state index in [1.54, 1.807) is 30.3 Å². The molecule has 0 aliphatic heterocycles. The van der Waals surface area contributed by atoms with Gasteiger partial charge in [0.2, 0.25) is 0 Å². The van der Waals surface area contributed by atoms with Crippen LogP contribution in [0.25, 0.3) is 0 Å². The van der Waals surface area contributed by atoms with Crippen LogP contribution in [0, 0.1) is 0 Å². The van der Waals surface area contributed by atoms with Crippen LogP contribution in [0.2, 0.25) is 0 Å². The minimum Gasteiger partial charge on any atom is -0.440 e. The Morgan fingerprint density at radius 3 is 1.96 bits per heavy atom. The summed E-state index contributed by atoms with van der Waals surface area (Å²) >= 11 is 0. The minimum absolute atomic E-state index is 0.110. The average Bonchev–Trinajstić information content (AvgIpc) is 2.57. The van der Waals surface area contributed by atoms with E-state index in [0.29, 0.717) is 5.56 Å². The summed E-state index contributed by atoms with van der Waals surface area (Å²) < 4.78 is 4.73. The SMILES string of the molecule is CC(=O)O[C@@](C(C)=O)(C(=O)C(C)=O)[C@H](O)[C@H](O)C(O)Cc1ccccc1. The molecule has 0 saturated heterocycles. The van der Waals surface area contributed by atoms with Crippen LogP contribution < -0.4 is 0 Å². The van der Waals surface area contributed by atoms with Crippen LogP contribution in [0.1, 0.15) is 26.3 Å². The molecule has 3 N–H and O–H groups in total. The van der Waals surface area contributed by atoms with Crippen molar-refractivity contribution in [3.8, 4) is 0 Å². The Morgan fingerprint density at radius 2 is 1.54 bits per heavy atom. The van der Waals surface area contributed by atoms with E-state index in [4.69, 9.17) is 4.74 Å². The number of carbonyl (C=O) groups excluding carboxylic acids is 4. The van der Waals surface area contributed by atoms with Gasteiger partial charge < -0.3 is 20.1 Å². The van der Waals surface area contributed by atoms with Crippen molar-refractivity contribution in [2.24, 2.45) is 0 Å². The lowest BCUT2D eigenvalue weighted by molar-refractivity contribution is -0.196. The van der Waals surface area contributed by atoms with Gasteiger partial charge in [-0.15, -0.1) is 0 Å². The van der Waals surface area contributed by atoms with Crippen LogP contribution in [0.4, 0.5) is 0 Å². The molecule has 0 saturated carbocycles. The zero-order valence-electron chi connectivity index (χ0n) is 14.7. The fourth-order valence-corrected chi connectivity index (χ4v) is 2.60. The van der Waals surface area contributed by atoms with Crippen molar-refractivity contribution in [2.45, 2.75) is 51.1 Å². The summed E-state index contributed by atoms with van der Waals surface area (Å²) in [5, 5.41) is 30.9. The number of hydrogen-bond acceptors (Lipinski definition) is 8. The number of carbonyl (C=O) groups is 4. The molecular weight excluding hydrogens is 344 g/mol. The third-order valence-electron chi connectivity index (χ3n) is 3.91. The summed E-state index contributed by atoms with van der Waals surface area (Å²) in [6.45, 7) is 2.55. The summed E-state index contributed by atoms with van der Waals surface area (Å²) in [5.74, 6) is -4.89. The molecule has 8 heteroatoms. The van der Waals surface area contributed by atoms with Crippen LogP contribution in [-0.4, -0.2) is 62.6 Å². The molecule has 142 valence electrons. The van der Waals surface area contributed by atoms with E-state index in [1.807, 2.05) is 0 Å². The van der Waals surface area contributed by atoms with Gasteiger partial charge in [0.05, 0.1) is 6.10 Å². The Balaban J connectivity index is 3.22. The first-order valence-electron chi connectivity index (χ1n) is 7.88. The highest BCUT2D eigenvalue weighted by molar-refractivity contribution is 6.44. The summed E-state index contributed by atoms with van der Waals surface area (Å²) in [6.07, 6.45) is -6.08. The van der Waals surface area contributed by atoms with Gasteiger partial charge in [0.1, 0.15) is 12.2 Å². The van der Waals surface area contributed by atoms with Crippen molar-refractivity contribution >= 4 is 23.3 Å². The van der Waals surface area contributed by atoms with Gasteiger partial charge in [-0.25, -0.2) is 0 Å². The normalized spacial score (nSPS) is 16.7. The maximum Gasteiger partial charge on any atom is 0.304 e. The standard InChI is InChI=1S/C18H22O8/c1-10(19)16(24)18(11(2)20,26-12(3)21)17(25)15(23)14(22)9-13-7-5-4-6-8-13/h4-8,14-15,17,22-23,25H,9H2,1-3H3/t14?,15-,17-,18+/m1/s1. The molecule has 1 unspecified atom stereocenters. The molecule has 0 radical (unpaired) electrons. The van der Waals surface area contributed by atoms with Crippen molar-refractivity contribution in [2.75, 3.05) is 0 Å². The molecule has 1 aromatic rings. The molecule has 1 aromatic carbocycles. The van der Waals surface area contributed by atoms with Crippen molar-refractivity contribution in [3.63, 3.8) is 0 Å². The molecule has 0 spiro atoms. The average molecular weight is 366 g/mol. The fraction of sp³-hybridized carbons (Fsp3) is 0.444. The first-order valence-corrected chi connectivity index (χ1v) is 7.88. The third kappa shape index (κ3) is 4.60. The Kier molecular flexibility index (Phi) is 7.31. The lowest BCUT2D eigenvalue weighted by Gasteiger charge is -2.36. The maximum absolute atomic E-state index is 12.3. The van der Waals surface area contributed by atoms with E-state index in [0.717, 1.165) is 20.8 Å². The lowest BCUT2D eigenvalue weighted by atomic mass is 9.81. The van der Waals surface area contributed by atoms with E-state index in [9.17, 15) is 34.5 Å². The van der Waals surface area contributed by atoms with E-state index >= 15 is 0 Å². The monoisotopic (exact) mass is 366 g/mol. The molecule has 26 heavy (non-hydrogen) atoms. The van der Waals surface area contributed by atoms with Crippen LogP contribution in [-0.2, 0) is 30.3 Å². The number of benzene rings is 1. The van der Waals surface area contributed by atoms with Gasteiger partial charge in [-0.2, -0.15) is 0 Å². The first-order chi connectivity index (χ1) is 12.0. The second-order valence-corrected chi connectivity index (χ2v) is 5.96. The van der Waals surface area contributed by atoms with Gasteiger partial charge in [-0.05, 0) is 12.5 Å². The number of esters is 1. The third-order valence-corrected chi connectivity index (χ3v) is 3.91. The highest BCUT2D eigenvalue weighted by Gasteiger charge is 2.57. The van der Waals surface area contributed by atoms with Gasteiger partial charge >= 0.3 is 5.97 Å². The number of rotatable bonds is 9. The quantitative estimate of drug-likeness (QED) is 0.298. The maximum atomic E-state index is 12.3. The Bertz CT molecular complexity index is 684. The van der Waals surface area contributed by atoms with Crippen LogP contribution >= 0.6 is 0 Å². The van der Waals surface area contributed by atoms with Gasteiger partial charge in [0.15, 0.2) is 11.6 Å². The number of Topliss-reactive ketones (excluding diaryl/α,β-unsaturated/α-hetero) is 3. The molecular formula is C18H22O8. The highest BCUT2D eigenvalue weighted by Crippen LogP contribution is 2.25. The molecule has 0 heterocycles. The predicted octanol–water partition coefficient (Wildman–Crippen LogP) is -0.639. The second kappa shape index (κ2) is 8.79. The van der Waals surface area contributed by atoms with Crippen LogP contribution in [0.5, 0.6) is 0 Å². The Hall–Kier alpha value is -2.42. The number of ether oxygens (including phenoxy) is 1. The van der Waals surface area contributed by atoms with Gasteiger partial charge in [0, 0.05) is 20.3 Å². The molecule has 8 nitrogen and oxygen atoms in total. The van der Waals surface area contributed by atoms with E-state index in [2.05, 4.69) is 0 Å². The Labute approximate surface area is 150 Å².